The molecule has 78 valence electrons. The number of nitrogens with zero attached hydrogens (tertiary/aromatic N) is 1. The molecule has 0 saturated heterocycles. The van der Waals surface area contributed by atoms with Crippen LogP contribution in [0.25, 0.3) is 0 Å². The molecule has 0 spiro atoms. The minimum absolute atomic E-state index is 0.101. The molecule has 0 fully saturated rings. The first-order valence-corrected chi connectivity index (χ1v) is 4.78. The zero-order chi connectivity index (χ0) is 10.7. The first-order chi connectivity index (χ1) is 6.54. The number of aromatic nitrogens is 1. The Hall–Kier alpha value is -0.850. The lowest BCUT2D eigenvalue weighted by Crippen LogP contribution is -2.22. The fourth-order valence-corrected chi connectivity index (χ4v) is 1.52. The van der Waals surface area contributed by atoms with Gasteiger partial charge in [-0.3, -0.25) is 4.79 Å². The molecule has 1 aromatic rings. The second kappa shape index (κ2) is 4.59. The standard InChI is InChI=1S/C8H11BrN2O3/c9-6-2-11(1-5(13)4-12)3-7(10)8(6)14/h2-3,5,12-13H,1,4,10H2. The molecular weight excluding hydrogens is 252 g/mol. The van der Waals surface area contributed by atoms with E-state index in [2.05, 4.69) is 15.9 Å². The van der Waals surface area contributed by atoms with Crippen molar-refractivity contribution in [2.75, 3.05) is 12.3 Å². The van der Waals surface area contributed by atoms with Gasteiger partial charge < -0.3 is 20.5 Å². The SMILES string of the molecule is Nc1cn(CC(O)CO)cc(Br)c1=O. The minimum Gasteiger partial charge on any atom is -0.394 e. The molecule has 0 saturated carbocycles. The van der Waals surface area contributed by atoms with Gasteiger partial charge in [0, 0.05) is 12.4 Å². The van der Waals surface area contributed by atoms with Crippen LogP contribution in [0.3, 0.4) is 0 Å². The first kappa shape index (κ1) is 11.2. The van der Waals surface area contributed by atoms with Crippen molar-refractivity contribution < 1.29 is 10.2 Å². The number of rotatable bonds is 3. The fourth-order valence-electron chi connectivity index (χ4n) is 1.02. The molecule has 0 bridgehead atoms. The Balaban J connectivity index is 2.95. The van der Waals surface area contributed by atoms with Gasteiger partial charge in [-0.25, -0.2) is 0 Å². The highest BCUT2D eigenvalue weighted by Crippen LogP contribution is 2.06. The van der Waals surface area contributed by atoms with Crippen molar-refractivity contribution in [1.29, 1.82) is 0 Å². The molecule has 0 aromatic carbocycles. The second-order valence-corrected chi connectivity index (χ2v) is 3.78. The van der Waals surface area contributed by atoms with E-state index in [1.807, 2.05) is 0 Å². The summed E-state index contributed by atoms with van der Waals surface area (Å²) in [4.78, 5) is 11.2. The third-order valence-corrected chi connectivity index (χ3v) is 2.26. The van der Waals surface area contributed by atoms with E-state index >= 15 is 0 Å². The van der Waals surface area contributed by atoms with Crippen molar-refractivity contribution in [1.82, 2.24) is 4.57 Å². The molecule has 1 atom stereocenters. The number of pyridine rings is 1. The molecule has 1 heterocycles. The van der Waals surface area contributed by atoms with Crippen LogP contribution in [0, 0.1) is 0 Å². The van der Waals surface area contributed by atoms with Gasteiger partial charge in [0.15, 0.2) is 0 Å². The summed E-state index contributed by atoms with van der Waals surface area (Å²) < 4.78 is 1.88. The van der Waals surface area contributed by atoms with Gasteiger partial charge in [-0.15, -0.1) is 0 Å². The van der Waals surface area contributed by atoms with Crippen molar-refractivity contribution in [3.63, 3.8) is 0 Å². The van der Waals surface area contributed by atoms with E-state index in [-0.39, 0.29) is 24.3 Å². The highest BCUT2D eigenvalue weighted by molar-refractivity contribution is 9.10. The van der Waals surface area contributed by atoms with Gasteiger partial charge in [0.25, 0.3) is 0 Å². The van der Waals surface area contributed by atoms with Crippen LogP contribution in [-0.2, 0) is 6.54 Å². The normalized spacial score (nSPS) is 12.8. The Bertz CT molecular complexity index is 351. The largest absolute Gasteiger partial charge is 0.394 e. The van der Waals surface area contributed by atoms with E-state index in [9.17, 15) is 4.79 Å². The first-order valence-electron chi connectivity index (χ1n) is 3.98. The van der Waals surface area contributed by atoms with Crippen LogP contribution in [0.15, 0.2) is 21.7 Å². The number of aliphatic hydroxyl groups is 2. The third-order valence-electron chi connectivity index (χ3n) is 1.70. The average Bonchev–Trinajstić information content (AvgIpc) is 2.14. The van der Waals surface area contributed by atoms with Gasteiger partial charge in [0.05, 0.1) is 29.4 Å². The molecule has 14 heavy (non-hydrogen) atoms. The van der Waals surface area contributed by atoms with Crippen LogP contribution < -0.4 is 11.2 Å². The summed E-state index contributed by atoms with van der Waals surface area (Å²) in [5, 5.41) is 17.8. The van der Waals surface area contributed by atoms with Crippen molar-refractivity contribution >= 4 is 21.6 Å². The summed E-state index contributed by atoms with van der Waals surface area (Å²) in [7, 11) is 0. The minimum atomic E-state index is -0.858. The molecule has 4 N–H and O–H groups in total. The number of nitrogens with two attached hydrogens (primary N) is 1. The average molecular weight is 263 g/mol. The molecule has 1 rings (SSSR count). The highest BCUT2D eigenvalue weighted by atomic mass is 79.9. The van der Waals surface area contributed by atoms with E-state index < -0.39 is 6.10 Å². The lowest BCUT2D eigenvalue weighted by molar-refractivity contribution is 0.0811. The predicted molar refractivity (Wildman–Crippen MR) is 55.9 cm³/mol. The third kappa shape index (κ3) is 2.57. The molecular formula is C8H11BrN2O3. The van der Waals surface area contributed by atoms with Crippen LogP contribution in [0.4, 0.5) is 5.69 Å². The Labute approximate surface area is 88.9 Å². The molecule has 0 aliphatic carbocycles. The van der Waals surface area contributed by atoms with Crippen LogP contribution in [0.2, 0.25) is 0 Å². The van der Waals surface area contributed by atoms with Crippen LogP contribution in [0.5, 0.6) is 0 Å². The molecule has 1 aromatic heterocycles. The van der Waals surface area contributed by atoms with Crippen molar-refractivity contribution in [2.24, 2.45) is 0 Å². The molecule has 6 heteroatoms. The van der Waals surface area contributed by atoms with Crippen molar-refractivity contribution in [3.8, 4) is 0 Å². The van der Waals surface area contributed by atoms with E-state index in [0.29, 0.717) is 4.47 Å². The molecule has 0 amide bonds. The number of nitrogen functional groups attached to an aromatic ring is 1. The highest BCUT2D eigenvalue weighted by Gasteiger charge is 2.06. The maximum atomic E-state index is 11.2. The predicted octanol–water partition coefficient (Wildman–Crippen LogP) is -0.454. The lowest BCUT2D eigenvalue weighted by Gasteiger charge is -2.11. The van der Waals surface area contributed by atoms with E-state index in [4.69, 9.17) is 15.9 Å². The number of anilines is 1. The smallest absolute Gasteiger partial charge is 0.218 e. The van der Waals surface area contributed by atoms with Crippen LogP contribution in [0.1, 0.15) is 0 Å². The lowest BCUT2D eigenvalue weighted by atomic mass is 10.3. The van der Waals surface area contributed by atoms with E-state index in [1.54, 1.807) is 4.57 Å². The van der Waals surface area contributed by atoms with Gasteiger partial charge in [-0.2, -0.15) is 0 Å². The van der Waals surface area contributed by atoms with Gasteiger partial charge in [0.2, 0.25) is 5.43 Å². The molecule has 5 nitrogen and oxygen atoms in total. The van der Waals surface area contributed by atoms with Gasteiger partial charge in [-0.1, -0.05) is 0 Å². The van der Waals surface area contributed by atoms with Gasteiger partial charge >= 0.3 is 0 Å². The second-order valence-electron chi connectivity index (χ2n) is 2.92. The maximum Gasteiger partial charge on any atom is 0.218 e. The van der Waals surface area contributed by atoms with E-state index in [0.717, 1.165) is 0 Å². The number of aliphatic hydroxyl groups excluding tert-OH is 2. The monoisotopic (exact) mass is 262 g/mol. The van der Waals surface area contributed by atoms with Gasteiger partial charge in [0.1, 0.15) is 0 Å². The molecule has 1 unspecified atom stereocenters. The van der Waals surface area contributed by atoms with Crippen LogP contribution >= 0.6 is 15.9 Å². The molecule has 0 aliphatic heterocycles. The fraction of sp³-hybridized carbons (Fsp3) is 0.375. The zero-order valence-electron chi connectivity index (χ0n) is 7.35. The van der Waals surface area contributed by atoms with E-state index in [1.165, 1.54) is 12.4 Å². The Morgan fingerprint density at radius 2 is 2.21 bits per heavy atom. The van der Waals surface area contributed by atoms with Crippen LogP contribution in [-0.4, -0.2) is 27.5 Å². The Kier molecular flexibility index (Phi) is 3.68. The summed E-state index contributed by atoms with van der Waals surface area (Å²) >= 11 is 3.05. The van der Waals surface area contributed by atoms with Crippen molar-refractivity contribution in [2.45, 2.75) is 12.6 Å². The quantitative estimate of drug-likeness (QED) is 0.689. The van der Waals surface area contributed by atoms with Crippen molar-refractivity contribution in [3.05, 3.63) is 27.1 Å². The maximum absolute atomic E-state index is 11.2. The zero-order valence-corrected chi connectivity index (χ0v) is 8.94. The summed E-state index contributed by atoms with van der Waals surface area (Å²) in [5.41, 5.74) is 5.25. The van der Waals surface area contributed by atoms with Gasteiger partial charge in [-0.05, 0) is 15.9 Å². The molecule has 0 aliphatic rings. The molecule has 0 radical (unpaired) electrons. The summed E-state index contributed by atoms with van der Waals surface area (Å²) in [5.74, 6) is 0. The summed E-state index contributed by atoms with van der Waals surface area (Å²) in [6.45, 7) is -0.136. The topological polar surface area (TPSA) is 88.5 Å². The summed E-state index contributed by atoms with van der Waals surface area (Å²) in [6.07, 6.45) is 2.08. The Morgan fingerprint density at radius 3 is 2.71 bits per heavy atom. The summed E-state index contributed by atoms with van der Waals surface area (Å²) in [6, 6.07) is 0. The Morgan fingerprint density at radius 1 is 1.57 bits per heavy atom. The number of hydrogen-bond donors (Lipinski definition) is 3. The number of halogens is 1. The number of hydrogen-bond acceptors (Lipinski definition) is 4.